The minimum atomic E-state index is -3.93. The Balaban J connectivity index is 2.18. The Morgan fingerprint density at radius 2 is 2.09 bits per heavy atom. The number of anilines is 1. The summed E-state index contributed by atoms with van der Waals surface area (Å²) in [6.45, 7) is 3.77. The molecular weight excluding hydrogens is 321 g/mol. The molecule has 1 aliphatic rings. The Morgan fingerprint density at radius 3 is 2.65 bits per heavy atom. The van der Waals surface area contributed by atoms with Crippen molar-refractivity contribution in [1.82, 2.24) is 4.72 Å². The fourth-order valence-electron chi connectivity index (χ4n) is 2.01. The van der Waals surface area contributed by atoms with E-state index in [9.17, 15) is 17.6 Å². The number of hydrogen-bond acceptors (Lipinski definition) is 4. The second-order valence-corrected chi connectivity index (χ2v) is 7.62. The topological polar surface area (TPSA) is 101 Å². The van der Waals surface area contributed by atoms with Gasteiger partial charge in [0.05, 0.1) is 6.04 Å². The lowest BCUT2D eigenvalue weighted by atomic mass is 9.99. The summed E-state index contributed by atoms with van der Waals surface area (Å²) in [4.78, 5) is 11.6. The van der Waals surface area contributed by atoms with Crippen molar-refractivity contribution < 1.29 is 17.6 Å². The molecule has 1 aromatic carbocycles. The molecule has 0 radical (unpaired) electrons. The van der Waals surface area contributed by atoms with Gasteiger partial charge in [0.2, 0.25) is 15.9 Å². The standard InChI is InChI=1S/C15H22FN3O3S/c1-3-9(2)14(17)15(20)18-11-6-7-12(16)13(8-11)23(21,22)19-10-4-5-10/h6-10,14,19H,3-5,17H2,1-2H3,(H,18,20). The molecule has 0 spiro atoms. The number of hydrogen-bond donors (Lipinski definition) is 3. The fourth-order valence-corrected chi connectivity index (χ4v) is 3.42. The summed E-state index contributed by atoms with van der Waals surface area (Å²) in [6.07, 6.45) is 2.24. The quantitative estimate of drug-likeness (QED) is 0.699. The molecule has 0 saturated heterocycles. The molecule has 0 aromatic heterocycles. The van der Waals surface area contributed by atoms with Crippen LogP contribution in [0.5, 0.6) is 0 Å². The maximum Gasteiger partial charge on any atom is 0.243 e. The zero-order valence-electron chi connectivity index (χ0n) is 13.2. The van der Waals surface area contributed by atoms with Crippen molar-refractivity contribution in [2.24, 2.45) is 11.7 Å². The molecular formula is C15H22FN3O3S. The first kappa shape index (κ1) is 17.8. The monoisotopic (exact) mass is 343 g/mol. The van der Waals surface area contributed by atoms with Crippen molar-refractivity contribution in [2.75, 3.05) is 5.32 Å². The molecule has 0 heterocycles. The van der Waals surface area contributed by atoms with Gasteiger partial charge in [0.15, 0.2) is 0 Å². The molecule has 0 bridgehead atoms. The van der Waals surface area contributed by atoms with Crippen LogP contribution in [0.2, 0.25) is 0 Å². The molecule has 2 rings (SSSR count). The SMILES string of the molecule is CCC(C)C(N)C(=O)Nc1ccc(F)c(S(=O)(=O)NC2CC2)c1. The number of halogens is 1. The highest BCUT2D eigenvalue weighted by Crippen LogP contribution is 2.25. The van der Waals surface area contributed by atoms with Crippen LogP contribution in [-0.2, 0) is 14.8 Å². The van der Waals surface area contributed by atoms with Crippen LogP contribution in [0.3, 0.4) is 0 Å². The predicted octanol–water partition coefficient (Wildman–Crippen LogP) is 1.58. The smallest absolute Gasteiger partial charge is 0.243 e. The minimum absolute atomic E-state index is 0.0183. The van der Waals surface area contributed by atoms with Crippen LogP contribution in [0.15, 0.2) is 23.1 Å². The van der Waals surface area contributed by atoms with Crippen LogP contribution < -0.4 is 15.8 Å². The molecule has 128 valence electrons. The number of carbonyl (C=O) groups excluding carboxylic acids is 1. The van der Waals surface area contributed by atoms with Crippen molar-refractivity contribution >= 4 is 21.6 Å². The second-order valence-electron chi connectivity index (χ2n) is 5.94. The summed E-state index contributed by atoms with van der Waals surface area (Å²) < 4.78 is 40.6. The van der Waals surface area contributed by atoms with Crippen LogP contribution >= 0.6 is 0 Å². The third-order valence-electron chi connectivity index (χ3n) is 3.95. The zero-order valence-corrected chi connectivity index (χ0v) is 14.0. The lowest BCUT2D eigenvalue weighted by Gasteiger charge is -2.18. The molecule has 4 N–H and O–H groups in total. The van der Waals surface area contributed by atoms with Crippen molar-refractivity contribution in [2.45, 2.75) is 50.1 Å². The molecule has 1 saturated carbocycles. The second kappa shape index (κ2) is 6.94. The largest absolute Gasteiger partial charge is 0.325 e. The van der Waals surface area contributed by atoms with Gasteiger partial charge in [-0.3, -0.25) is 4.79 Å². The molecule has 1 amide bonds. The maximum absolute atomic E-state index is 13.9. The number of nitrogens with two attached hydrogens (primary N) is 1. The lowest BCUT2D eigenvalue weighted by molar-refractivity contribution is -0.118. The normalized spacial score (nSPS) is 17.6. The third kappa shape index (κ3) is 4.49. The van der Waals surface area contributed by atoms with E-state index in [1.54, 1.807) is 0 Å². The molecule has 1 aromatic rings. The van der Waals surface area contributed by atoms with E-state index in [2.05, 4.69) is 10.0 Å². The summed E-state index contributed by atoms with van der Waals surface area (Å²) in [5, 5.41) is 2.54. The number of carbonyl (C=O) groups is 1. The first-order valence-electron chi connectivity index (χ1n) is 7.63. The van der Waals surface area contributed by atoms with Crippen LogP contribution in [0.25, 0.3) is 0 Å². The number of nitrogens with one attached hydrogen (secondary N) is 2. The van der Waals surface area contributed by atoms with Gasteiger partial charge >= 0.3 is 0 Å². The lowest BCUT2D eigenvalue weighted by Crippen LogP contribution is -2.40. The predicted molar refractivity (Wildman–Crippen MR) is 85.8 cm³/mol. The van der Waals surface area contributed by atoms with Crippen molar-refractivity contribution in [3.05, 3.63) is 24.0 Å². The van der Waals surface area contributed by atoms with Gasteiger partial charge in [0.25, 0.3) is 0 Å². The van der Waals surface area contributed by atoms with Crippen molar-refractivity contribution in [3.8, 4) is 0 Å². The van der Waals surface area contributed by atoms with E-state index >= 15 is 0 Å². The minimum Gasteiger partial charge on any atom is -0.325 e. The zero-order chi connectivity index (χ0) is 17.2. The Kier molecular flexibility index (Phi) is 5.38. The third-order valence-corrected chi connectivity index (χ3v) is 5.48. The summed E-state index contributed by atoms with van der Waals surface area (Å²) in [5.41, 5.74) is 6.03. The van der Waals surface area contributed by atoms with Gasteiger partial charge < -0.3 is 11.1 Å². The van der Waals surface area contributed by atoms with Crippen LogP contribution in [0.1, 0.15) is 33.1 Å². The number of rotatable bonds is 7. The highest BCUT2D eigenvalue weighted by molar-refractivity contribution is 7.89. The number of amides is 1. The first-order chi connectivity index (χ1) is 10.7. The van der Waals surface area contributed by atoms with Gasteiger partial charge in [-0.05, 0) is 37.0 Å². The van der Waals surface area contributed by atoms with E-state index in [1.165, 1.54) is 6.07 Å². The summed E-state index contributed by atoms with van der Waals surface area (Å²) in [6, 6.07) is 2.60. The maximum atomic E-state index is 13.9. The molecule has 2 atom stereocenters. The molecule has 0 aliphatic heterocycles. The van der Waals surface area contributed by atoms with E-state index in [-0.39, 0.29) is 17.6 Å². The molecule has 8 heteroatoms. The van der Waals surface area contributed by atoms with Crippen molar-refractivity contribution in [1.29, 1.82) is 0 Å². The summed E-state index contributed by atoms with van der Waals surface area (Å²) >= 11 is 0. The number of sulfonamides is 1. The fraction of sp³-hybridized carbons (Fsp3) is 0.533. The van der Waals surface area contributed by atoms with Gasteiger partial charge in [0, 0.05) is 11.7 Å². The van der Waals surface area contributed by atoms with E-state index in [0.29, 0.717) is 0 Å². The van der Waals surface area contributed by atoms with Crippen LogP contribution in [0, 0.1) is 11.7 Å². The van der Waals surface area contributed by atoms with E-state index in [1.807, 2.05) is 13.8 Å². The Labute approximate surface area is 135 Å². The summed E-state index contributed by atoms with van der Waals surface area (Å²) in [7, 11) is -3.93. The highest BCUT2D eigenvalue weighted by atomic mass is 32.2. The van der Waals surface area contributed by atoms with Crippen LogP contribution in [0.4, 0.5) is 10.1 Å². The van der Waals surface area contributed by atoms with E-state index < -0.39 is 32.7 Å². The molecule has 2 unspecified atom stereocenters. The van der Waals surface area contributed by atoms with Gasteiger partial charge in [0.1, 0.15) is 10.7 Å². The molecule has 1 aliphatic carbocycles. The van der Waals surface area contributed by atoms with E-state index in [0.717, 1.165) is 31.4 Å². The Hall–Kier alpha value is -1.51. The average Bonchev–Trinajstić information content (AvgIpc) is 3.30. The van der Waals surface area contributed by atoms with Gasteiger partial charge in [-0.2, -0.15) is 0 Å². The summed E-state index contributed by atoms with van der Waals surface area (Å²) in [5.74, 6) is -1.30. The van der Waals surface area contributed by atoms with Gasteiger partial charge in [-0.15, -0.1) is 0 Å². The molecule has 23 heavy (non-hydrogen) atoms. The number of benzene rings is 1. The van der Waals surface area contributed by atoms with Crippen molar-refractivity contribution in [3.63, 3.8) is 0 Å². The Bertz CT molecular complexity index is 689. The Morgan fingerprint density at radius 1 is 1.43 bits per heavy atom. The average molecular weight is 343 g/mol. The van der Waals surface area contributed by atoms with Crippen LogP contribution in [-0.4, -0.2) is 26.4 Å². The van der Waals surface area contributed by atoms with Gasteiger partial charge in [-0.1, -0.05) is 20.3 Å². The molecule has 6 nitrogen and oxygen atoms in total. The van der Waals surface area contributed by atoms with E-state index in [4.69, 9.17) is 5.73 Å². The first-order valence-corrected chi connectivity index (χ1v) is 9.11. The van der Waals surface area contributed by atoms with Gasteiger partial charge in [-0.25, -0.2) is 17.5 Å². The molecule has 1 fully saturated rings. The highest BCUT2D eigenvalue weighted by Gasteiger charge is 2.30.